The second kappa shape index (κ2) is 8.33. The number of aromatic nitrogens is 1. The third-order valence-corrected chi connectivity index (χ3v) is 4.91. The van der Waals surface area contributed by atoms with Gasteiger partial charge in [0.1, 0.15) is 10.6 Å². The molecule has 0 radical (unpaired) electrons. The number of carbonyl (C=O) groups excluding carboxylic acids is 1. The zero-order valence-corrected chi connectivity index (χ0v) is 16.7. The third-order valence-electron chi connectivity index (χ3n) is 3.98. The number of hydrogen-bond donors (Lipinski definition) is 1. The predicted octanol–water partition coefficient (Wildman–Crippen LogP) is 5.29. The number of thiazole rings is 1. The summed E-state index contributed by atoms with van der Waals surface area (Å²) in [6.45, 7) is 9.71. The van der Waals surface area contributed by atoms with Crippen molar-refractivity contribution >= 4 is 17.4 Å². The number of nitrogens with one attached hydrogen (secondary N) is 1. The highest BCUT2D eigenvalue weighted by molar-refractivity contribution is 7.10. The highest BCUT2D eigenvalue weighted by atomic mass is 32.1. The zero-order valence-electron chi connectivity index (χ0n) is 15.9. The second-order valence-corrected chi connectivity index (χ2v) is 8.16. The van der Waals surface area contributed by atoms with E-state index in [2.05, 4.69) is 25.2 Å². The van der Waals surface area contributed by atoms with Gasteiger partial charge in [0.15, 0.2) is 0 Å². The Bertz CT molecular complexity index is 785. The summed E-state index contributed by atoms with van der Waals surface area (Å²) in [6.07, 6.45) is 0.476. The van der Waals surface area contributed by atoms with Crippen LogP contribution in [0.3, 0.4) is 0 Å². The summed E-state index contributed by atoms with van der Waals surface area (Å²) < 4.78 is 5.40. The maximum atomic E-state index is 12.2. The van der Waals surface area contributed by atoms with Crippen molar-refractivity contribution in [2.75, 3.05) is 0 Å². The van der Waals surface area contributed by atoms with E-state index in [1.807, 2.05) is 38.3 Å². The Morgan fingerprint density at radius 3 is 2.54 bits per heavy atom. The third kappa shape index (κ3) is 5.30. The number of amides is 1. The fourth-order valence-corrected chi connectivity index (χ4v) is 3.41. The van der Waals surface area contributed by atoms with E-state index < -0.39 is 11.7 Å². The van der Waals surface area contributed by atoms with Gasteiger partial charge < -0.3 is 10.1 Å². The first kappa shape index (κ1) is 19.9. The first-order valence-electron chi connectivity index (χ1n) is 8.69. The molecule has 0 aliphatic rings. The normalized spacial score (nSPS) is 13.5. The zero-order chi connectivity index (χ0) is 19.3. The van der Waals surface area contributed by atoms with Gasteiger partial charge in [-0.15, -0.1) is 11.3 Å². The monoisotopic (exact) mass is 371 g/mol. The van der Waals surface area contributed by atoms with E-state index in [1.54, 1.807) is 12.1 Å². The highest BCUT2D eigenvalue weighted by Crippen LogP contribution is 2.31. The van der Waals surface area contributed by atoms with Gasteiger partial charge in [-0.2, -0.15) is 5.26 Å². The summed E-state index contributed by atoms with van der Waals surface area (Å²) in [7, 11) is 0. The number of hydrogen-bond acceptors (Lipinski definition) is 5. The van der Waals surface area contributed by atoms with Gasteiger partial charge in [-0.25, -0.2) is 9.78 Å². The highest BCUT2D eigenvalue weighted by Gasteiger charge is 2.26. The maximum Gasteiger partial charge on any atom is 0.408 e. The van der Waals surface area contributed by atoms with Crippen LogP contribution in [0, 0.1) is 17.2 Å². The Kier molecular flexibility index (Phi) is 6.38. The van der Waals surface area contributed by atoms with Crippen molar-refractivity contribution in [2.45, 2.75) is 52.7 Å². The molecule has 1 heterocycles. The number of alkyl carbamates (subject to hydrolysis) is 1. The quantitative estimate of drug-likeness (QED) is 0.774. The molecule has 2 aromatic rings. The second-order valence-electron chi connectivity index (χ2n) is 7.27. The van der Waals surface area contributed by atoms with E-state index in [-0.39, 0.29) is 12.0 Å². The molecule has 2 atom stereocenters. The van der Waals surface area contributed by atoms with Crippen LogP contribution in [-0.4, -0.2) is 16.7 Å². The van der Waals surface area contributed by atoms with E-state index in [0.29, 0.717) is 5.56 Å². The maximum absolute atomic E-state index is 12.2. The van der Waals surface area contributed by atoms with Gasteiger partial charge in [-0.1, -0.05) is 32.4 Å². The van der Waals surface area contributed by atoms with Crippen LogP contribution >= 0.6 is 11.3 Å². The van der Waals surface area contributed by atoms with E-state index in [0.717, 1.165) is 22.7 Å². The van der Waals surface area contributed by atoms with Crippen LogP contribution in [0.2, 0.25) is 0 Å². The Morgan fingerprint density at radius 2 is 2.00 bits per heavy atom. The average molecular weight is 372 g/mol. The lowest BCUT2D eigenvalue weighted by Crippen LogP contribution is -2.37. The van der Waals surface area contributed by atoms with Gasteiger partial charge in [0.05, 0.1) is 23.4 Å². The summed E-state index contributed by atoms with van der Waals surface area (Å²) in [5, 5.41) is 14.7. The first-order valence-corrected chi connectivity index (χ1v) is 9.57. The number of carbonyl (C=O) groups is 1. The molecular formula is C20H25N3O2S. The van der Waals surface area contributed by atoms with Gasteiger partial charge in [0, 0.05) is 10.9 Å². The number of nitriles is 1. The van der Waals surface area contributed by atoms with Crippen molar-refractivity contribution in [1.82, 2.24) is 10.3 Å². The van der Waals surface area contributed by atoms with Crippen molar-refractivity contribution in [1.29, 1.82) is 5.26 Å². The molecule has 0 bridgehead atoms. The van der Waals surface area contributed by atoms with Crippen LogP contribution in [0.4, 0.5) is 4.79 Å². The molecule has 138 valence electrons. The number of nitrogens with zero attached hydrogens (tertiary/aromatic N) is 2. The number of ether oxygens (including phenoxy) is 1. The van der Waals surface area contributed by atoms with E-state index in [9.17, 15) is 4.79 Å². The van der Waals surface area contributed by atoms with Gasteiger partial charge >= 0.3 is 6.09 Å². The van der Waals surface area contributed by atoms with Crippen LogP contribution in [-0.2, 0) is 4.74 Å². The summed E-state index contributed by atoms with van der Waals surface area (Å²) in [4.78, 5) is 16.9. The van der Waals surface area contributed by atoms with Gasteiger partial charge in [0.25, 0.3) is 0 Å². The van der Waals surface area contributed by atoms with E-state index in [1.165, 1.54) is 11.3 Å². The molecule has 1 N–H and O–H groups in total. The lowest BCUT2D eigenvalue weighted by Gasteiger charge is -2.25. The summed E-state index contributed by atoms with van der Waals surface area (Å²) in [6, 6.07) is 9.24. The van der Waals surface area contributed by atoms with E-state index >= 15 is 0 Å². The standard InChI is InChI=1S/C20H25N3O2S/c1-6-13(2)17(23-19(24)25-20(3,4)5)18-22-16(12-26-18)15-9-7-14(11-21)8-10-15/h7-10,12-13,17H,6H2,1-5H3,(H,23,24). The molecule has 0 saturated carbocycles. The largest absolute Gasteiger partial charge is 0.444 e. The van der Waals surface area contributed by atoms with Crippen LogP contribution < -0.4 is 5.32 Å². The molecule has 0 fully saturated rings. The minimum absolute atomic E-state index is 0.202. The summed E-state index contributed by atoms with van der Waals surface area (Å²) in [5.74, 6) is 0.225. The molecule has 0 aliphatic heterocycles. The Morgan fingerprint density at radius 1 is 1.35 bits per heavy atom. The van der Waals surface area contributed by atoms with Crippen LogP contribution in [0.1, 0.15) is 57.7 Å². The smallest absolute Gasteiger partial charge is 0.408 e. The topological polar surface area (TPSA) is 75.0 Å². The molecule has 6 heteroatoms. The van der Waals surface area contributed by atoms with Crippen LogP contribution in [0.15, 0.2) is 29.6 Å². The molecule has 1 amide bonds. The Labute approximate surface area is 159 Å². The van der Waals surface area contributed by atoms with Crippen LogP contribution in [0.5, 0.6) is 0 Å². The predicted molar refractivity (Wildman–Crippen MR) is 104 cm³/mol. The van der Waals surface area contributed by atoms with E-state index in [4.69, 9.17) is 15.0 Å². The molecule has 0 spiro atoms. The molecule has 26 heavy (non-hydrogen) atoms. The van der Waals surface area contributed by atoms with Crippen molar-refractivity contribution in [3.05, 3.63) is 40.2 Å². The lowest BCUT2D eigenvalue weighted by molar-refractivity contribution is 0.0486. The summed E-state index contributed by atoms with van der Waals surface area (Å²) in [5.41, 5.74) is 1.87. The Balaban J connectivity index is 2.22. The van der Waals surface area contributed by atoms with Crippen molar-refractivity contribution < 1.29 is 9.53 Å². The lowest BCUT2D eigenvalue weighted by atomic mass is 10.00. The minimum Gasteiger partial charge on any atom is -0.444 e. The van der Waals surface area contributed by atoms with Crippen LogP contribution in [0.25, 0.3) is 11.3 Å². The molecule has 5 nitrogen and oxygen atoms in total. The van der Waals surface area contributed by atoms with Crippen molar-refractivity contribution in [3.63, 3.8) is 0 Å². The molecule has 1 aromatic heterocycles. The minimum atomic E-state index is -0.541. The SMILES string of the molecule is CCC(C)C(NC(=O)OC(C)(C)C)c1nc(-c2ccc(C#N)cc2)cs1. The molecule has 2 unspecified atom stereocenters. The molecule has 0 saturated heterocycles. The average Bonchev–Trinajstić information content (AvgIpc) is 3.07. The summed E-state index contributed by atoms with van der Waals surface area (Å²) >= 11 is 1.52. The molecule has 2 rings (SSSR count). The van der Waals surface area contributed by atoms with Crippen molar-refractivity contribution in [3.8, 4) is 17.3 Å². The number of rotatable bonds is 5. The van der Waals surface area contributed by atoms with Gasteiger partial charge in [-0.3, -0.25) is 0 Å². The van der Waals surface area contributed by atoms with Gasteiger partial charge in [-0.05, 0) is 38.8 Å². The Hall–Kier alpha value is -2.39. The fraction of sp³-hybridized carbons (Fsp3) is 0.450. The number of benzene rings is 1. The van der Waals surface area contributed by atoms with Gasteiger partial charge in [0.2, 0.25) is 0 Å². The molecule has 1 aromatic carbocycles. The fourth-order valence-electron chi connectivity index (χ4n) is 2.40. The molecule has 0 aliphatic carbocycles. The first-order chi connectivity index (χ1) is 12.2. The van der Waals surface area contributed by atoms with Crippen molar-refractivity contribution in [2.24, 2.45) is 5.92 Å². The molecular weight excluding hydrogens is 346 g/mol.